The third kappa shape index (κ3) is 3.78. The molecule has 0 amide bonds. The molecule has 1 N–H and O–H groups in total. The predicted octanol–water partition coefficient (Wildman–Crippen LogP) is 5.13. The number of aromatic nitrogens is 3. The van der Waals surface area contributed by atoms with Crippen molar-refractivity contribution in [2.75, 3.05) is 5.32 Å². The van der Waals surface area contributed by atoms with Crippen molar-refractivity contribution in [2.45, 2.75) is 38.1 Å². The second kappa shape index (κ2) is 7.75. The van der Waals surface area contributed by atoms with Gasteiger partial charge in [0.2, 0.25) is 5.78 Å². The molecule has 0 aliphatic heterocycles. The molecule has 0 unspecified atom stereocenters. The Hall–Kier alpha value is -3.06. The SMILES string of the molecule is O=C(Cc1cc(-c2nc(NC3CCCC3)c3sccc3n2)ccn1)c1ccco1. The van der Waals surface area contributed by atoms with Gasteiger partial charge in [0, 0.05) is 23.5 Å². The number of carbonyl (C=O) groups is 1. The van der Waals surface area contributed by atoms with E-state index < -0.39 is 0 Å². The van der Waals surface area contributed by atoms with Crippen LogP contribution in [0.4, 0.5) is 5.82 Å². The van der Waals surface area contributed by atoms with E-state index in [2.05, 4.69) is 10.3 Å². The minimum atomic E-state index is -0.0996. The molecule has 4 heterocycles. The molecule has 0 saturated heterocycles. The average molecular weight is 404 g/mol. The van der Waals surface area contributed by atoms with E-state index in [0.717, 1.165) is 21.6 Å². The van der Waals surface area contributed by atoms with Crippen molar-refractivity contribution in [2.24, 2.45) is 0 Å². The topological polar surface area (TPSA) is 80.9 Å². The van der Waals surface area contributed by atoms with Crippen LogP contribution in [0.15, 0.2) is 52.6 Å². The maximum Gasteiger partial charge on any atom is 0.203 e. The van der Waals surface area contributed by atoms with Gasteiger partial charge in [0.15, 0.2) is 11.6 Å². The van der Waals surface area contributed by atoms with Gasteiger partial charge < -0.3 is 9.73 Å². The number of anilines is 1. The lowest BCUT2D eigenvalue weighted by molar-refractivity contribution is 0.0965. The van der Waals surface area contributed by atoms with Crippen molar-refractivity contribution in [1.29, 1.82) is 0 Å². The van der Waals surface area contributed by atoms with Crippen LogP contribution in [0.2, 0.25) is 0 Å². The van der Waals surface area contributed by atoms with E-state index in [0.29, 0.717) is 23.3 Å². The molecule has 1 aliphatic carbocycles. The fraction of sp³-hybridized carbons (Fsp3) is 0.273. The van der Waals surface area contributed by atoms with Crippen molar-refractivity contribution >= 4 is 33.2 Å². The number of thiophene rings is 1. The third-order valence-electron chi connectivity index (χ3n) is 5.21. The van der Waals surface area contributed by atoms with Gasteiger partial charge in [-0.3, -0.25) is 9.78 Å². The lowest BCUT2D eigenvalue weighted by atomic mass is 10.1. The monoisotopic (exact) mass is 404 g/mol. The summed E-state index contributed by atoms with van der Waals surface area (Å²) in [5, 5.41) is 5.67. The molecule has 0 spiro atoms. The summed E-state index contributed by atoms with van der Waals surface area (Å²) in [5.41, 5.74) is 2.46. The third-order valence-corrected chi connectivity index (χ3v) is 6.12. The Morgan fingerprint density at radius 2 is 2.10 bits per heavy atom. The van der Waals surface area contributed by atoms with Crippen LogP contribution >= 0.6 is 11.3 Å². The molecule has 29 heavy (non-hydrogen) atoms. The Labute approximate surface area is 172 Å². The second-order valence-corrected chi connectivity index (χ2v) is 8.19. The highest BCUT2D eigenvalue weighted by Gasteiger charge is 2.19. The summed E-state index contributed by atoms with van der Waals surface area (Å²) in [7, 11) is 0. The molecule has 4 aromatic rings. The fourth-order valence-corrected chi connectivity index (χ4v) is 4.54. The van der Waals surface area contributed by atoms with E-state index in [1.165, 1.54) is 31.9 Å². The van der Waals surface area contributed by atoms with E-state index in [4.69, 9.17) is 14.4 Å². The number of rotatable bonds is 6. The smallest absolute Gasteiger partial charge is 0.203 e. The Balaban J connectivity index is 1.46. The van der Waals surface area contributed by atoms with Crippen molar-refractivity contribution in [1.82, 2.24) is 15.0 Å². The van der Waals surface area contributed by atoms with Gasteiger partial charge in [-0.25, -0.2) is 9.97 Å². The van der Waals surface area contributed by atoms with Crippen molar-refractivity contribution in [3.05, 3.63) is 59.6 Å². The van der Waals surface area contributed by atoms with Gasteiger partial charge in [-0.15, -0.1) is 11.3 Å². The van der Waals surface area contributed by atoms with Crippen LogP contribution in [-0.2, 0) is 6.42 Å². The number of nitrogens with one attached hydrogen (secondary N) is 1. The quantitative estimate of drug-likeness (QED) is 0.449. The first kappa shape index (κ1) is 18.0. The van der Waals surface area contributed by atoms with Crippen molar-refractivity contribution in [3.63, 3.8) is 0 Å². The number of carbonyl (C=O) groups excluding carboxylic acids is 1. The summed E-state index contributed by atoms with van der Waals surface area (Å²) in [5.74, 6) is 1.79. The molecule has 1 aliphatic rings. The number of nitrogens with zero attached hydrogens (tertiary/aromatic N) is 3. The fourth-order valence-electron chi connectivity index (χ4n) is 3.76. The largest absolute Gasteiger partial charge is 0.461 e. The van der Waals surface area contributed by atoms with Crippen molar-refractivity contribution < 1.29 is 9.21 Å². The van der Waals surface area contributed by atoms with Gasteiger partial charge in [0.05, 0.1) is 22.9 Å². The Morgan fingerprint density at radius 3 is 2.93 bits per heavy atom. The lowest BCUT2D eigenvalue weighted by Crippen LogP contribution is -2.16. The van der Waals surface area contributed by atoms with Crippen LogP contribution in [0.3, 0.4) is 0 Å². The highest BCUT2D eigenvalue weighted by molar-refractivity contribution is 7.17. The van der Waals surface area contributed by atoms with Crippen LogP contribution in [0.1, 0.15) is 41.9 Å². The molecule has 1 saturated carbocycles. The van der Waals surface area contributed by atoms with Crippen molar-refractivity contribution in [3.8, 4) is 11.4 Å². The van der Waals surface area contributed by atoms with E-state index in [9.17, 15) is 4.79 Å². The van der Waals surface area contributed by atoms with Crippen LogP contribution in [0.25, 0.3) is 21.6 Å². The number of fused-ring (bicyclic) bond motifs is 1. The van der Waals surface area contributed by atoms with Gasteiger partial charge in [-0.05, 0) is 48.6 Å². The summed E-state index contributed by atoms with van der Waals surface area (Å²) < 4.78 is 6.28. The Morgan fingerprint density at radius 1 is 1.21 bits per heavy atom. The molecular formula is C22H20N4O2S. The first-order chi connectivity index (χ1) is 14.3. The van der Waals surface area contributed by atoms with Gasteiger partial charge in [-0.1, -0.05) is 12.8 Å². The molecule has 0 aromatic carbocycles. The Kier molecular flexibility index (Phi) is 4.81. The first-order valence-electron chi connectivity index (χ1n) is 9.80. The molecule has 4 aromatic heterocycles. The number of ketones is 1. The van der Waals surface area contributed by atoms with Gasteiger partial charge >= 0.3 is 0 Å². The Bertz CT molecular complexity index is 1150. The first-order valence-corrected chi connectivity index (χ1v) is 10.7. The number of hydrogen-bond donors (Lipinski definition) is 1. The van der Waals surface area contributed by atoms with E-state index in [-0.39, 0.29) is 12.2 Å². The molecule has 0 atom stereocenters. The predicted molar refractivity (Wildman–Crippen MR) is 113 cm³/mol. The van der Waals surface area contributed by atoms with E-state index in [1.807, 2.05) is 23.6 Å². The van der Waals surface area contributed by atoms with Crippen LogP contribution in [0, 0.1) is 0 Å². The summed E-state index contributed by atoms with van der Waals surface area (Å²) in [4.78, 5) is 26.3. The zero-order valence-electron chi connectivity index (χ0n) is 15.8. The zero-order chi connectivity index (χ0) is 19.6. The number of hydrogen-bond acceptors (Lipinski definition) is 7. The number of furan rings is 1. The highest BCUT2D eigenvalue weighted by Crippen LogP contribution is 2.31. The van der Waals surface area contributed by atoms with Crippen LogP contribution in [-0.4, -0.2) is 26.8 Å². The lowest BCUT2D eigenvalue weighted by Gasteiger charge is -2.14. The average Bonchev–Trinajstić information content (AvgIpc) is 3.50. The summed E-state index contributed by atoms with van der Waals surface area (Å²) in [6.45, 7) is 0. The summed E-state index contributed by atoms with van der Waals surface area (Å²) in [6.07, 6.45) is 8.27. The summed E-state index contributed by atoms with van der Waals surface area (Å²) >= 11 is 1.66. The summed E-state index contributed by atoms with van der Waals surface area (Å²) in [6, 6.07) is 9.64. The number of pyridine rings is 1. The molecule has 1 fully saturated rings. The maximum atomic E-state index is 12.3. The zero-order valence-corrected chi connectivity index (χ0v) is 16.6. The number of Topliss-reactive ketones (excluding diaryl/α,β-unsaturated/α-hetero) is 1. The molecule has 146 valence electrons. The van der Waals surface area contributed by atoms with Gasteiger partial charge in [0.1, 0.15) is 5.82 Å². The molecular weight excluding hydrogens is 384 g/mol. The normalized spacial score (nSPS) is 14.5. The standard InChI is InChI=1S/C22H20N4O2S/c27-18(19-6-3-10-28-19)13-16-12-14(7-9-23-16)21-25-17-8-11-29-20(17)22(26-21)24-15-4-1-2-5-15/h3,6-12,15H,1-2,4-5,13H2,(H,24,25,26). The molecule has 6 nitrogen and oxygen atoms in total. The second-order valence-electron chi connectivity index (χ2n) is 7.27. The minimum absolute atomic E-state index is 0.0996. The van der Waals surface area contributed by atoms with E-state index >= 15 is 0 Å². The molecule has 0 bridgehead atoms. The van der Waals surface area contributed by atoms with Gasteiger partial charge in [-0.2, -0.15) is 0 Å². The van der Waals surface area contributed by atoms with Gasteiger partial charge in [0.25, 0.3) is 0 Å². The maximum absolute atomic E-state index is 12.3. The van der Waals surface area contributed by atoms with Crippen LogP contribution in [0.5, 0.6) is 0 Å². The molecule has 7 heteroatoms. The molecule has 0 radical (unpaired) electrons. The molecule has 5 rings (SSSR count). The minimum Gasteiger partial charge on any atom is -0.461 e. The van der Waals surface area contributed by atoms with E-state index in [1.54, 1.807) is 29.7 Å². The highest BCUT2D eigenvalue weighted by atomic mass is 32.1. The van der Waals surface area contributed by atoms with Crippen LogP contribution < -0.4 is 5.32 Å².